The largest absolute Gasteiger partial charge is 0.495 e. The number of pyridine rings is 1. The number of aromatic nitrogens is 1. The molecule has 0 spiro atoms. The highest BCUT2D eigenvalue weighted by atomic mass is 16.5. The summed E-state index contributed by atoms with van der Waals surface area (Å²) in [6.07, 6.45) is 1.75. The van der Waals surface area contributed by atoms with Gasteiger partial charge in [-0.1, -0.05) is 6.07 Å². The molecule has 0 saturated heterocycles. The zero-order valence-electron chi connectivity index (χ0n) is 9.81. The van der Waals surface area contributed by atoms with E-state index in [1.54, 1.807) is 20.4 Å². The first-order valence-electron chi connectivity index (χ1n) is 5.18. The quantitative estimate of drug-likeness (QED) is 0.822. The van der Waals surface area contributed by atoms with Crippen molar-refractivity contribution in [1.82, 2.24) is 4.98 Å². The number of ether oxygens (including phenoxy) is 2. The van der Waals surface area contributed by atoms with Gasteiger partial charge in [-0.25, -0.2) is 4.98 Å². The number of methoxy groups -OCH3 is 2. The van der Waals surface area contributed by atoms with Gasteiger partial charge >= 0.3 is 0 Å². The summed E-state index contributed by atoms with van der Waals surface area (Å²) in [4.78, 5) is 4.16. The Morgan fingerprint density at radius 3 is 2.35 bits per heavy atom. The second-order valence-electron chi connectivity index (χ2n) is 3.55. The van der Waals surface area contributed by atoms with E-state index in [0.717, 1.165) is 11.1 Å². The Labute approximate surface area is 100 Å². The summed E-state index contributed by atoms with van der Waals surface area (Å²) in [7, 11) is 3.19. The van der Waals surface area contributed by atoms with E-state index in [1.807, 2.05) is 30.3 Å². The number of hydrogen-bond acceptors (Lipinski definition) is 4. The fraction of sp³-hybridized carbons (Fsp3) is 0.154. The molecule has 0 radical (unpaired) electrons. The number of nitrogens with zero attached hydrogens (tertiary/aromatic N) is 1. The molecule has 0 fully saturated rings. The van der Waals surface area contributed by atoms with E-state index in [0.29, 0.717) is 17.3 Å². The van der Waals surface area contributed by atoms with E-state index in [4.69, 9.17) is 15.2 Å². The number of hydrogen-bond donors (Lipinski definition) is 1. The first kappa shape index (κ1) is 11.3. The summed E-state index contributed by atoms with van der Waals surface area (Å²) in [5, 5.41) is 0. The maximum absolute atomic E-state index is 5.76. The number of nitrogen functional groups attached to an aromatic ring is 1. The van der Waals surface area contributed by atoms with Gasteiger partial charge in [0, 0.05) is 17.8 Å². The lowest BCUT2D eigenvalue weighted by Gasteiger charge is -2.07. The lowest BCUT2D eigenvalue weighted by molar-refractivity contribution is 0.398. The zero-order chi connectivity index (χ0) is 12.3. The summed E-state index contributed by atoms with van der Waals surface area (Å²) in [5.74, 6) is 1.26. The third kappa shape index (κ3) is 2.30. The first-order chi connectivity index (χ1) is 8.24. The van der Waals surface area contributed by atoms with Crippen LogP contribution in [0.3, 0.4) is 0 Å². The van der Waals surface area contributed by atoms with Gasteiger partial charge < -0.3 is 15.2 Å². The number of nitrogens with two attached hydrogens (primary N) is 1. The lowest BCUT2D eigenvalue weighted by Crippen LogP contribution is -1.93. The van der Waals surface area contributed by atoms with Crippen LogP contribution in [-0.4, -0.2) is 19.2 Å². The molecular weight excluding hydrogens is 216 g/mol. The maximum Gasteiger partial charge on any atom is 0.212 e. The van der Waals surface area contributed by atoms with Crippen molar-refractivity contribution in [2.45, 2.75) is 0 Å². The van der Waals surface area contributed by atoms with Gasteiger partial charge in [-0.15, -0.1) is 0 Å². The second kappa shape index (κ2) is 4.74. The molecule has 0 aliphatic carbocycles. The molecule has 4 nitrogen and oxygen atoms in total. The molecule has 0 saturated carbocycles. The highest BCUT2D eigenvalue weighted by Gasteiger charge is 2.04. The van der Waals surface area contributed by atoms with Gasteiger partial charge in [-0.2, -0.15) is 0 Å². The molecule has 1 aromatic carbocycles. The van der Waals surface area contributed by atoms with Crippen LogP contribution in [0.5, 0.6) is 11.6 Å². The van der Waals surface area contributed by atoms with Crippen molar-refractivity contribution in [3.63, 3.8) is 0 Å². The minimum absolute atomic E-state index is 0.594. The summed E-state index contributed by atoms with van der Waals surface area (Å²) >= 11 is 0. The Kier molecular flexibility index (Phi) is 3.14. The molecule has 0 amide bonds. The van der Waals surface area contributed by atoms with Crippen LogP contribution in [0.2, 0.25) is 0 Å². The summed E-state index contributed by atoms with van der Waals surface area (Å²) in [6, 6.07) is 9.40. The van der Waals surface area contributed by atoms with Crippen molar-refractivity contribution in [3.05, 3.63) is 36.5 Å². The molecule has 2 aromatic rings. The fourth-order valence-electron chi connectivity index (χ4n) is 1.56. The van der Waals surface area contributed by atoms with Crippen LogP contribution in [0.4, 0.5) is 5.69 Å². The summed E-state index contributed by atoms with van der Waals surface area (Å²) in [5.41, 5.74) is 8.38. The lowest BCUT2D eigenvalue weighted by atomic mass is 10.1. The van der Waals surface area contributed by atoms with Gasteiger partial charge in [0.25, 0.3) is 0 Å². The van der Waals surface area contributed by atoms with Crippen molar-refractivity contribution in [1.29, 1.82) is 0 Å². The summed E-state index contributed by atoms with van der Waals surface area (Å²) in [6.45, 7) is 0. The third-order valence-corrected chi connectivity index (χ3v) is 2.51. The molecule has 4 heteroatoms. The molecule has 2 N–H and O–H groups in total. The average Bonchev–Trinajstić information content (AvgIpc) is 2.39. The van der Waals surface area contributed by atoms with Crippen LogP contribution >= 0.6 is 0 Å². The molecule has 17 heavy (non-hydrogen) atoms. The second-order valence-corrected chi connectivity index (χ2v) is 3.55. The molecule has 0 bridgehead atoms. The monoisotopic (exact) mass is 230 g/mol. The van der Waals surface area contributed by atoms with Crippen molar-refractivity contribution in [2.75, 3.05) is 20.0 Å². The van der Waals surface area contributed by atoms with Crippen LogP contribution < -0.4 is 15.2 Å². The number of anilines is 1. The van der Waals surface area contributed by atoms with Gasteiger partial charge in [0.1, 0.15) is 5.75 Å². The Hall–Kier alpha value is -2.23. The molecule has 0 aliphatic heterocycles. The van der Waals surface area contributed by atoms with E-state index in [1.165, 1.54) is 0 Å². The van der Waals surface area contributed by atoms with Gasteiger partial charge in [0.05, 0.1) is 19.9 Å². The Balaban J connectivity index is 2.38. The van der Waals surface area contributed by atoms with Crippen molar-refractivity contribution in [3.8, 4) is 22.8 Å². The maximum atomic E-state index is 5.76. The van der Waals surface area contributed by atoms with E-state index in [2.05, 4.69) is 4.98 Å². The van der Waals surface area contributed by atoms with E-state index in [-0.39, 0.29) is 0 Å². The first-order valence-corrected chi connectivity index (χ1v) is 5.18. The zero-order valence-corrected chi connectivity index (χ0v) is 9.81. The van der Waals surface area contributed by atoms with Crippen molar-refractivity contribution < 1.29 is 9.47 Å². The van der Waals surface area contributed by atoms with Gasteiger partial charge in [0.15, 0.2) is 0 Å². The Bertz CT molecular complexity index is 509. The summed E-state index contributed by atoms with van der Waals surface area (Å²) < 4.78 is 10.2. The standard InChI is InChI=1S/C13H14N2O2/c1-16-12-7-9(3-5-11(12)14)10-4-6-13(17-2)15-8-10/h3-8H,14H2,1-2H3. The topological polar surface area (TPSA) is 57.4 Å². The third-order valence-electron chi connectivity index (χ3n) is 2.51. The van der Waals surface area contributed by atoms with E-state index >= 15 is 0 Å². The molecule has 0 unspecified atom stereocenters. The molecule has 0 aliphatic rings. The molecule has 2 rings (SSSR count). The highest BCUT2D eigenvalue weighted by Crippen LogP contribution is 2.28. The van der Waals surface area contributed by atoms with Crippen LogP contribution in [-0.2, 0) is 0 Å². The molecule has 88 valence electrons. The van der Waals surface area contributed by atoms with Crippen LogP contribution in [0.25, 0.3) is 11.1 Å². The van der Waals surface area contributed by atoms with Gasteiger partial charge in [0.2, 0.25) is 5.88 Å². The number of benzene rings is 1. The van der Waals surface area contributed by atoms with E-state index < -0.39 is 0 Å². The smallest absolute Gasteiger partial charge is 0.212 e. The Morgan fingerprint density at radius 1 is 1.00 bits per heavy atom. The van der Waals surface area contributed by atoms with Crippen LogP contribution in [0.1, 0.15) is 0 Å². The SMILES string of the molecule is COc1ccc(-c2ccc(N)c(OC)c2)cn1. The van der Waals surface area contributed by atoms with Crippen LogP contribution in [0, 0.1) is 0 Å². The minimum Gasteiger partial charge on any atom is -0.495 e. The predicted octanol–water partition coefficient (Wildman–Crippen LogP) is 2.35. The highest BCUT2D eigenvalue weighted by molar-refractivity contribution is 5.69. The molecule has 0 atom stereocenters. The van der Waals surface area contributed by atoms with Gasteiger partial charge in [-0.3, -0.25) is 0 Å². The molecular formula is C13H14N2O2. The molecule has 1 heterocycles. The number of rotatable bonds is 3. The normalized spacial score (nSPS) is 10.0. The van der Waals surface area contributed by atoms with Crippen LogP contribution in [0.15, 0.2) is 36.5 Å². The van der Waals surface area contributed by atoms with Crippen molar-refractivity contribution in [2.24, 2.45) is 0 Å². The predicted molar refractivity (Wildman–Crippen MR) is 67.2 cm³/mol. The Morgan fingerprint density at radius 2 is 1.76 bits per heavy atom. The van der Waals surface area contributed by atoms with Gasteiger partial charge in [-0.05, 0) is 23.8 Å². The van der Waals surface area contributed by atoms with Crippen molar-refractivity contribution >= 4 is 5.69 Å². The average molecular weight is 230 g/mol. The fourth-order valence-corrected chi connectivity index (χ4v) is 1.56. The van der Waals surface area contributed by atoms with E-state index in [9.17, 15) is 0 Å². The minimum atomic E-state index is 0.594. The molecule has 1 aromatic heterocycles.